The molecule has 0 bridgehead atoms. The van der Waals surface area contributed by atoms with Crippen molar-refractivity contribution < 1.29 is 14.3 Å². The molecule has 1 atom stereocenters. The van der Waals surface area contributed by atoms with Gasteiger partial charge in [-0.1, -0.05) is 0 Å². The number of amides is 1. The highest BCUT2D eigenvalue weighted by Crippen LogP contribution is 2.02. The second kappa shape index (κ2) is 13.0. The summed E-state index contributed by atoms with van der Waals surface area (Å²) < 4.78 is 4.97. The summed E-state index contributed by atoms with van der Waals surface area (Å²) in [5, 5.41) is 5.99. The molecule has 0 aromatic heterocycles. The maximum atomic E-state index is 11.4. The molecule has 0 heterocycles. The van der Waals surface area contributed by atoms with Gasteiger partial charge in [0, 0.05) is 13.7 Å². The van der Waals surface area contributed by atoms with E-state index in [1.54, 1.807) is 7.11 Å². The zero-order chi connectivity index (χ0) is 15.2. The van der Waals surface area contributed by atoms with Crippen LogP contribution in [0.25, 0.3) is 0 Å². The van der Waals surface area contributed by atoms with Crippen LogP contribution in [0.15, 0.2) is 0 Å². The molecule has 0 rings (SSSR count). The predicted octanol–water partition coefficient (Wildman–Crippen LogP) is 0.205. The van der Waals surface area contributed by atoms with Gasteiger partial charge in [-0.25, -0.2) is 0 Å². The largest absolute Gasteiger partial charge is 0.385 e. The van der Waals surface area contributed by atoms with Crippen molar-refractivity contribution in [2.24, 2.45) is 5.73 Å². The predicted molar refractivity (Wildman–Crippen MR) is 79.5 cm³/mol. The highest BCUT2D eigenvalue weighted by Gasteiger charge is 2.15. The zero-order valence-electron chi connectivity index (χ0n) is 12.7. The standard InChI is InChI=1S/C14H29N3O3/c1-12(18)13(17-14(19)11-15)7-3-4-8-16-9-5-6-10-20-2/h13,16H,3-11,15H2,1-2H3,(H,17,19). The molecule has 6 nitrogen and oxygen atoms in total. The molecular weight excluding hydrogens is 258 g/mol. The van der Waals surface area contributed by atoms with Gasteiger partial charge in [0.25, 0.3) is 0 Å². The van der Waals surface area contributed by atoms with E-state index in [9.17, 15) is 9.59 Å². The summed E-state index contributed by atoms with van der Waals surface area (Å²) in [6.45, 7) is 4.15. The highest BCUT2D eigenvalue weighted by molar-refractivity contribution is 5.87. The lowest BCUT2D eigenvalue weighted by Gasteiger charge is -2.15. The van der Waals surface area contributed by atoms with Gasteiger partial charge in [0.15, 0.2) is 5.78 Å². The van der Waals surface area contributed by atoms with Crippen LogP contribution in [-0.2, 0) is 14.3 Å². The Balaban J connectivity index is 3.54. The minimum atomic E-state index is -0.396. The quantitative estimate of drug-likeness (QED) is 0.421. The van der Waals surface area contributed by atoms with Gasteiger partial charge in [-0.15, -0.1) is 0 Å². The van der Waals surface area contributed by atoms with Gasteiger partial charge in [0.05, 0.1) is 12.6 Å². The van der Waals surface area contributed by atoms with Gasteiger partial charge in [-0.3, -0.25) is 9.59 Å². The molecule has 1 unspecified atom stereocenters. The summed E-state index contributed by atoms with van der Waals surface area (Å²) >= 11 is 0. The lowest BCUT2D eigenvalue weighted by molar-refractivity contribution is -0.126. The first-order valence-corrected chi connectivity index (χ1v) is 7.31. The van der Waals surface area contributed by atoms with E-state index in [1.165, 1.54) is 6.92 Å². The number of ether oxygens (including phenoxy) is 1. The van der Waals surface area contributed by atoms with Crippen molar-refractivity contribution in [3.05, 3.63) is 0 Å². The Kier molecular flexibility index (Phi) is 12.4. The van der Waals surface area contributed by atoms with Crippen LogP contribution in [0.5, 0.6) is 0 Å². The van der Waals surface area contributed by atoms with Crippen LogP contribution >= 0.6 is 0 Å². The first-order valence-electron chi connectivity index (χ1n) is 7.31. The molecule has 0 spiro atoms. The Morgan fingerprint density at radius 3 is 2.35 bits per heavy atom. The SMILES string of the molecule is COCCCCNCCCCC(NC(=O)CN)C(C)=O. The molecule has 1 amide bonds. The second-order valence-electron chi connectivity index (χ2n) is 4.88. The summed E-state index contributed by atoms with van der Waals surface area (Å²) in [4.78, 5) is 22.6. The number of rotatable bonds is 13. The lowest BCUT2D eigenvalue weighted by Crippen LogP contribution is -2.42. The first-order chi connectivity index (χ1) is 9.61. The molecule has 118 valence electrons. The van der Waals surface area contributed by atoms with E-state index in [0.717, 1.165) is 45.4 Å². The Bertz CT molecular complexity index is 272. The fourth-order valence-electron chi connectivity index (χ4n) is 1.85. The van der Waals surface area contributed by atoms with Crippen molar-refractivity contribution in [3.8, 4) is 0 Å². The summed E-state index contributed by atoms with van der Waals surface area (Å²) in [5.41, 5.74) is 5.22. The van der Waals surface area contributed by atoms with Gasteiger partial charge in [-0.05, 0) is 52.1 Å². The van der Waals surface area contributed by atoms with E-state index in [2.05, 4.69) is 10.6 Å². The minimum Gasteiger partial charge on any atom is -0.385 e. The van der Waals surface area contributed by atoms with Crippen molar-refractivity contribution in [1.29, 1.82) is 0 Å². The molecular formula is C14H29N3O3. The molecule has 4 N–H and O–H groups in total. The Morgan fingerprint density at radius 2 is 1.80 bits per heavy atom. The average molecular weight is 287 g/mol. The molecule has 0 saturated carbocycles. The van der Waals surface area contributed by atoms with Crippen molar-refractivity contribution >= 4 is 11.7 Å². The van der Waals surface area contributed by atoms with Crippen LogP contribution in [0.1, 0.15) is 39.0 Å². The van der Waals surface area contributed by atoms with E-state index in [-0.39, 0.29) is 18.2 Å². The van der Waals surface area contributed by atoms with Gasteiger partial charge < -0.3 is 21.1 Å². The molecule has 0 fully saturated rings. The van der Waals surface area contributed by atoms with Crippen LogP contribution in [0.2, 0.25) is 0 Å². The molecule has 20 heavy (non-hydrogen) atoms. The summed E-state index contributed by atoms with van der Waals surface area (Å²) in [6, 6.07) is -0.396. The number of carbonyl (C=O) groups is 2. The third-order valence-electron chi connectivity index (χ3n) is 3.06. The van der Waals surface area contributed by atoms with E-state index < -0.39 is 6.04 Å². The summed E-state index contributed by atoms with van der Waals surface area (Å²) in [5.74, 6) is -0.291. The van der Waals surface area contributed by atoms with Crippen LogP contribution in [0, 0.1) is 0 Å². The molecule has 0 aliphatic rings. The summed E-state index contributed by atoms with van der Waals surface area (Å²) in [6.07, 6.45) is 4.75. The normalized spacial score (nSPS) is 12.2. The number of methoxy groups -OCH3 is 1. The fraction of sp³-hybridized carbons (Fsp3) is 0.857. The van der Waals surface area contributed by atoms with Gasteiger partial charge >= 0.3 is 0 Å². The van der Waals surface area contributed by atoms with Gasteiger partial charge in [0.2, 0.25) is 5.91 Å². The molecule has 6 heteroatoms. The van der Waals surface area contributed by atoms with E-state index in [1.807, 2.05) is 0 Å². The monoisotopic (exact) mass is 287 g/mol. The third kappa shape index (κ3) is 10.9. The van der Waals surface area contributed by atoms with Crippen LogP contribution in [0.4, 0.5) is 0 Å². The van der Waals surface area contributed by atoms with Crippen LogP contribution in [0.3, 0.4) is 0 Å². The molecule has 0 radical (unpaired) electrons. The Hall–Kier alpha value is -0.980. The minimum absolute atomic E-state index is 0.0145. The summed E-state index contributed by atoms with van der Waals surface area (Å²) in [7, 11) is 1.71. The maximum absolute atomic E-state index is 11.4. The molecule has 0 aromatic rings. The fourth-order valence-corrected chi connectivity index (χ4v) is 1.85. The van der Waals surface area contributed by atoms with Crippen LogP contribution in [-0.4, -0.2) is 51.1 Å². The zero-order valence-corrected chi connectivity index (χ0v) is 12.7. The van der Waals surface area contributed by atoms with Crippen molar-refractivity contribution in [1.82, 2.24) is 10.6 Å². The topological polar surface area (TPSA) is 93.4 Å². The Labute approximate surface area is 121 Å². The molecule has 0 aliphatic carbocycles. The van der Waals surface area contributed by atoms with Crippen molar-refractivity contribution in [2.45, 2.75) is 45.1 Å². The van der Waals surface area contributed by atoms with Gasteiger partial charge in [-0.2, -0.15) is 0 Å². The third-order valence-corrected chi connectivity index (χ3v) is 3.06. The van der Waals surface area contributed by atoms with Crippen molar-refractivity contribution in [2.75, 3.05) is 33.4 Å². The van der Waals surface area contributed by atoms with E-state index >= 15 is 0 Å². The number of nitrogens with two attached hydrogens (primary N) is 1. The number of ketones is 1. The van der Waals surface area contributed by atoms with Crippen LogP contribution < -0.4 is 16.4 Å². The van der Waals surface area contributed by atoms with E-state index in [4.69, 9.17) is 10.5 Å². The first kappa shape index (κ1) is 19.0. The van der Waals surface area contributed by atoms with Crippen molar-refractivity contribution in [3.63, 3.8) is 0 Å². The maximum Gasteiger partial charge on any atom is 0.234 e. The second-order valence-corrected chi connectivity index (χ2v) is 4.88. The number of hydrogen-bond donors (Lipinski definition) is 3. The number of carbonyl (C=O) groups excluding carboxylic acids is 2. The van der Waals surface area contributed by atoms with Gasteiger partial charge in [0.1, 0.15) is 0 Å². The number of hydrogen-bond acceptors (Lipinski definition) is 5. The smallest absolute Gasteiger partial charge is 0.234 e. The lowest BCUT2D eigenvalue weighted by atomic mass is 10.1. The molecule has 0 aliphatic heterocycles. The number of nitrogens with one attached hydrogen (secondary N) is 2. The number of Topliss-reactive ketones (excluding diaryl/α,β-unsaturated/α-hetero) is 1. The molecule has 0 saturated heterocycles. The average Bonchev–Trinajstić information content (AvgIpc) is 2.43. The van der Waals surface area contributed by atoms with E-state index in [0.29, 0.717) is 6.42 Å². The highest BCUT2D eigenvalue weighted by atomic mass is 16.5. The Morgan fingerprint density at radius 1 is 1.15 bits per heavy atom. The number of unbranched alkanes of at least 4 members (excludes halogenated alkanes) is 2. The molecule has 0 aromatic carbocycles.